The minimum atomic E-state index is -3.14. The first-order valence-electron chi connectivity index (χ1n) is 7.01. The van der Waals surface area contributed by atoms with Crippen molar-refractivity contribution in [2.45, 2.75) is 32.2 Å². The maximum atomic E-state index is 12.0. The predicted molar refractivity (Wildman–Crippen MR) is 73.2 cm³/mol. The van der Waals surface area contributed by atoms with Gasteiger partial charge in [-0.1, -0.05) is 6.92 Å². The van der Waals surface area contributed by atoms with E-state index in [0.717, 1.165) is 25.9 Å². The molecule has 7 heteroatoms. The standard InChI is InChI=1S/C12H23N3O3S/c1-2-7-19(17,18)14-11-3-5-15(6-4-11)12(16)10-8-13-9-10/h10-11,13-14H,2-9H2,1H3. The summed E-state index contributed by atoms with van der Waals surface area (Å²) < 4.78 is 26.1. The Morgan fingerprint density at radius 3 is 2.42 bits per heavy atom. The van der Waals surface area contributed by atoms with Crippen LogP contribution in [0.3, 0.4) is 0 Å². The molecule has 1 amide bonds. The number of hydrogen-bond donors (Lipinski definition) is 2. The molecule has 0 aliphatic carbocycles. The van der Waals surface area contributed by atoms with Crippen LogP contribution in [-0.2, 0) is 14.8 Å². The van der Waals surface area contributed by atoms with Crippen LogP contribution in [0.4, 0.5) is 0 Å². The SMILES string of the molecule is CCCS(=O)(=O)NC1CCN(C(=O)C2CNC2)CC1. The lowest BCUT2D eigenvalue weighted by Crippen LogP contribution is -2.55. The average Bonchev–Trinajstić information content (AvgIpc) is 2.26. The first-order valence-corrected chi connectivity index (χ1v) is 8.66. The molecule has 0 aromatic carbocycles. The molecule has 2 fully saturated rings. The van der Waals surface area contributed by atoms with Crippen LogP contribution in [0.5, 0.6) is 0 Å². The van der Waals surface area contributed by atoms with Crippen LogP contribution in [0.1, 0.15) is 26.2 Å². The number of rotatable bonds is 5. The third kappa shape index (κ3) is 3.90. The Labute approximate surface area is 115 Å². The van der Waals surface area contributed by atoms with Gasteiger partial charge in [0.2, 0.25) is 15.9 Å². The van der Waals surface area contributed by atoms with Crippen LogP contribution < -0.4 is 10.0 Å². The van der Waals surface area contributed by atoms with Crippen molar-refractivity contribution >= 4 is 15.9 Å². The van der Waals surface area contributed by atoms with Crippen LogP contribution in [0, 0.1) is 5.92 Å². The summed E-state index contributed by atoms with van der Waals surface area (Å²) in [5.74, 6) is 0.529. The van der Waals surface area contributed by atoms with Gasteiger partial charge in [0.1, 0.15) is 0 Å². The lowest BCUT2D eigenvalue weighted by Gasteiger charge is -2.37. The van der Waals surface area contributed by atoms with E-state index in [-0.39, 0.29) is 23.6 Å². The molecule has 6 nitrogen and oxygen atoms in total. The number of carbonyl (C=O) groups is 1. The fourth-order valence-electron chi connectivity index (χ4n) is 2.52. The van der Waals surface area contributed by atoms with Gasteiger partial charge in [-0.25, -0.2) is 13.1 Å². The fraction of sp³-hybridized carbons (Fsp3) is 0.917. The molecule has 0 radical (unpaired) electrons. The lowest BCUT2D eigenvalue weighted by molar-refractivity contribution is -0.138. The summed E-state index contributed by atoms with van der Waals surface area (Å²) in [7, 11) is -3.14. The molecular weight excluding hydrogens is 266 g/mol. The second-order valence-corrected chi connectivity index (χ2v) is 7.26. The number of nitrogens with one attached hydrogen (secondary N) is 2. The van der Waals surface area contributed by atoms with Crippen molar-refractivity contribution in [3.8, 4) is 0 Å². The van der Waals surface area contributed by atoms with Crippen molar-refractivity contribution in [3.63, 3.8) is 0 Å². The second kappa shape index (κ2) is 6.19. The van der Waals surface area contributed by atoms with Crippen LogP contribution in [0.2, 0.25) is 0 Å². The Kier molecular flexibility index (Phi) is 4.81. The van der Waals surface area contributed by atoms with E-state index in [4.69, 9.17) is 0 Å². The molecule has 0 unspecified atom stereocenters. The van der Waals surface area contributed by atoms with Crippen LogP contribution in [0.25, 0.3) is 0 Å². The summed E-state index contributed by atoms with van der Waals surface area (Å²) in [6.07, 6.45) is 2.06. The van der Waals surface area contributed by atoms with E-state index in [0.29, 0.717) is 19.5 Å². The van der Waals surface area contributed by atoms with Gasteiger partial charge in [-0.2, -0.15) is 0 Å². The lowest BCUT2D eigenvalue weighted by atomic mass is 9.99. The molecular formula is C12H23N3O3S. The van der Waals surface area contributed by atoms with Gasteiger partial charge in [-0.05, 0) is 19.3 Å². The molecule has 2 aliphatic rings. The third-order valence-electron chi connectivity index (χ3n) is 3.76. The molecule has 2 aliphatic heterocycles. The molecule has 0 atom stereocenters. The topological polar surface area (TPSA) is 78.5 Å². The van der Waals surface area contributed by atoms with Crippen LogP contribution in [0.15, 0.2) is 0 Å². The summed E-state index contributed by atoms with van der Waals surface area (Å²) >= 11 is 0. The highest BCUT2D eigenvalue weighted by Gasteiger charge is 2.32. The second-order valence-electron chi connectivity index (χ2n) is 5.39. The molecule has 2 heterocycles. The van der Waals surface area contributed by atoms with E-state index in [1.54, 1.807) is 0 Å². The Balaban J connectivity index is 1.77. The Morgan fingerprint density at radius 2 is 1.95 bits per heavy atom. The van der Waals surface area contributed by atoms with Gasteiger partial charge in [0.05, 0.1) is 11.7 Å². The highest BCUT2D eigenvalue weighted by Crippen LogP contribution is 2.16. The Hall–Kier alpha value is -0.660. The number of carbonyl (C=O) groups excluding carboxylic acids is 1. The maximum Gasteiger partial charge on any atom is 0.228 e. The number of hydrogen-bond acceptors (Lipinski definition) is 4. The molecule has 19 heavy (non-hydrogen) atoms. The number of likely N-dealkylation sites (tertiary alicyclic amines) is 1. The van der Waals surface area contributed by atoms with Crippen molar-refractivity contribution < 1.29 is 13.2 Å². The molecule has 0 aromatic rings. The summed E-state index contributed by atoms with van der Waals surface area (Å²) in [4.78, 5) is 13.9. The van der Waals surface area contributed by atoms with E-state index >= 15 is 0 Å². The summed E-state index contributed by atoms with van der Waals surface area (Å²) in [6.45, 7) is 4.74. The van der Waals surface area contributed by atoms with Gasteiger partial charge in [0.15, 0.2) is 0 Å². The van der Waals surface area contributed by atoms with Gasteiger partial charge >= 0.3 is 0 Å². The van der Waals surface area contributed by atoms with Crippen LogP contribution >= 0.6 is 0 Å². The maximum absolute atomic E-state index is 12.0. The van der Waals surface area contributed by atoms with E-state index < -0.39 is 10.0 Å². The Morgan fingerprint density at radius 1 is 1.32 bits per heavy atom. The zero-order valence-corrected chi connectivity index (χ0v) is 12.2. The van der Waals surface area contributed by atoms with Crippen molar-refractivity contribution in [2.75, 3.05) is 31.9 Å². The highest BCUT2D eigenvalue weighted by atomic mass is 32.2. The average molecular weight is 289 g/mol. The summed E-state index contributed by atoms with van der Waals surface area (Å²) in [5.41, 5.74) is 0. The number of amides is 1. The van der Waals surface area contributed by atoms with Crippen molar-refractivity contribution in [1.82, 2.24) is 14.9 Å². The first-order chi connectivity index (χ1) is 9.02. The molecule has 110 valence electrons. The number of piperidine rings is 1. The van der Waals surface area contributed by atoms with Crippen molar-refractivity contribution in [3.05, 3.63) is 0 Å². The molecule has 2 saturated heterocycles. The molecule has 0 bridgehead atoms. The molecule has 2 rings (SSSR count). The highest BCUT2D eigenvalue weighted by molar-refractivity contribution is 7.89. The number of nitrogens with zero attached hydrogens (tertiary/aromatic N) is 1. The summed E-state index contributed by atoms with van der Waals surface area (Å²) in [6, 6.07) is -0.0138. The summed E-state index contributed by atoms with van der Waals surface area (Å²) in [5, 5.41) is 3.10. The molecule has 0 spiro atoms. The third-order valence-corrected chi connectivity index (χ3v) is 5.39. The first kappa shape index (κ1) is 14.7. The van der Waals surface area contributed by atoms with Crippen molar-refractivity contribution in [2.24, 2.45) is 5.92 Å². The smallest absolute Gasteiger partial charge is 0.228 e. The molecule has 0 aromatic heterocycles. The normalized spacial score (nSPS) is 22.3. The monoisotopic (exact) mass is 289 g/mol. The van der Waals surface area contributed by atoms with Gasteiger partial charge in [-0.15, -0.1) is 0 Å². The largest absolute Gasteiger partial charge is 0.342 e. The predicted octanol–water partition coefficient (Wildman–Crippen LogP) is -0.474. The van der Waals surface area contributed by atoms with Gasteiger partial charge in [-0.3, -0.25) is 4.79 Å². The van der Waals surface area contributed by atoms with Gasteiger partial charge in [0.25, 0.3) is 0 Å². The fourth-order valence-corrected chi connectivity index (χ4v) is 3.92. The minimum absolute atomic E-state index is 0.0138. The zero-order chi connectivity index (χ0) is 13.9. The molecule has 0 saturated carbocycles. The van der Waals surface area contributed by atoms with Gasteiger partial charge < -0.3 is 10.2 Å². The van der Waals surface area contributed by atoms with Crippen molar-refractivity contribution in [1.29, 1.82) is 0 Å². The van der Waals surface area contributed by atoms with Gasteiger partial charge in [0, 0.05) is 32.2 Å². The zero-order valence-electron chi connectivity index (χ0n) is 11.4. The van der Waals surface area contributed by atoms with E-state index in [1.165, 1.54) is 0 Å². The molecule has 2 N–H and O–H groups in total. The van der Waals surface area contributed by atoms with E-state index in [1.807, 2.05) is 11.8 Å². The van der Waals surface area contributed by atoms with Crippen LogP contribution in [-0.4, -0.2) is 57.2 Å². The van der Waals surface area contributed by atoms with E-state index in [9.17, 15) is 13.2 Å². The van der Waals surface area contributed by atoms with E-state index in [2.05, 4.69) is 10.0 Å². The Bertz CT molecular complexity index is 412. The minimum Gasteiger partial charge on any atom is -0.342 e. The number of sulfonamides is 1. The quantitative estimate of drug-likeness (QED) is 0.717.